The molecule has 1 aliphatic heterocycles. The molecule has 0 fully saturated rings. The highest BCUT2D eigenvalue weighted by Crippen LogP contribution is 2.39. The van der Waals surface area contributed by atoms with Gasteiger partial charge in [-0.25, -0.2) is 8.42 Å². The number of carbonyl (C=O) groups is 2. The summed E-state index contributed by atoms with van der Waals surface area (Å²) < 4.78 is 31.0. The third-order valence-electron chi connectivity index (χ3n) is 10.0. The predicted octanol–water partition coefficient (Wildman–Crippen LogP) is 7.37. The third-order valence-corrected chi connectivity index (χ3v) is 12.9. The van der Waals surface area contributed by atoms with Crippen LogP contribution in [0.1, 0.15) is 86.4 Å². The molecule has 16 heteroatoms. The molecule has 1 atom stereocenters. The maximum atomic E-state index is 13.3. The van der Waals surface area contributed by atoms with Crippen molar-refractivity contribution in [2.45, 2.75) is 64.3 Å². The lowest BCUT2D eigenvalue weighted by molar-refractivity contribution is -0.121. The first kappa shape index (κ1) is 39.4. The monoisotopic (exact) mass is 821 g/mol. The molecular weight excluding hydrogens is 782 g/mol. The van der Waals surface area contributed by atoms with Crippen molar-refractivity contribution >= 4 is 67.1 Å². The van der Waals surface area contributed by atoms with E-state index in [1.807, 2.05) is 42.7 Å². The third kappa shape index (κ3) is 8.06. The fourth-order valence-corrected chi connectivity index (χ4v) is 9.33. The lowest BCUT2D eigenvalue weighted by Crippen LogP contribution is -2.27. The minimum atomic E-state index is -3.97. The molecule has 2 amide bonds. The highest BCUT2D eigenvalue weighted by molar-refractivity contribution is 7.92. The summed E-state index contributed by atoms with van der Waals surface area (Å²) in [6.45, 7) is 8.81. The molecule has 57 heavy (non-hydrogen) atoms. The van der Waals surface area contributed by atoms with Crippen LogP contribution in [0.25, 0.3) is 15.9 Å². The van der Waals surface area contributed by atoms with Gasteiger partial charge in [0.15, 0.2) is 5.82 Å². The molecule has 6 aromatic rings. The number of rotatable bonds is 13. The first-order valence-corrected chi connectivity index (χ1v) is 21.1. The molecular formula is C41H40ClN9O4S2. The van der Waals surface area contributed by atoms with Crippen LogP contribution in [-0.4, -0.2) is 58.8 Å². The van der Waals surface area contributed by atoms with Gasteiger partial charge in [0, 0.05) is 51.3 Å². The van der Waals surface area contributed by atoms with Crippen molar-refractivity contribution in [3.8, 4) is 11.1 Å². The van der Waals surface area contributed by atoms with E-state index in [1.54, 1.807) is 29.7 Å². The van der Waals surface area contributed by atoms with Crippen molar-refractivity contribution in [2.24, 2.45) is 4.99 Å². The van der Waals surface area contributed by atoms with E-state index in [0.717, 1.165) is 45.2 Å². The van der Waals surface area contributed by atoms with Crippen molar-refractivity contribution in [1.82, 2.24) is 30.4 Å². The Morgan fingerprint density at radius 1 is 0.947 bits per heavy atom. The van der Waals surface area contributed by atoms with Gasteiger partial charge in [-0.05, 0) is 101 Å². The van der Waals surface area contributed by atoms with Crippen LogP contribution in [0.2, 0.25) is 5.02 Å². The quantitative estimate of drug-likeness (QED) is 0.0876. The average Bonchev–Trinajstić information content (AvgIpc) is 3.87. The number of H-pyrrole nitrogens is 1. The van der Waals surface area contributed by atoms with Crippen molar-refractivity contribution in [2.75, 3.05) is 17.8 Å². The summed E-state index contributed by atoms with van der Waals surface area (Å²) in [6, 6.07) is 18.2. The average molecular weight is 822 g/mol. The topological polar surface area (TPSA) is 187 Å². The molecule has 0 bridgehead atoms. The number of hydrogen-bond acceptors (Lipinski definition) is 9. The number of fused-ring (bicyclic) bond motifs is 4. The smallest absolute Gasteiger partial charge is 0.261 e. The van der Waals surface area contributed by atoms with Crippen LogP contribution in [0.15, 0.2) is 76.7 Å². The first-order chi connectivity index (χ1) is 27.4. The zero-order valence-electron chi connectivity index (χ0n) is 31.7. The van der Waals surface area contributed by atoms with Gasteiger partial charge >= 0.3 is 0 Å². The van der Waals surface area contributed by atoms with Gasteiger partial charge in [0.05, 0.1) is 33.8 Å². The minimum Gasteiger partial charge on any atom is -0.358 e. The molecule has 1 aliphatic rings. The number of hydrogen-bond donors (Lipinski definition) is 4. The predicted molar refractivity (Wildman–Crippen MR) is 222 cm³/mol. The Morgan fingerprint density at radius 3 is 2.39 bits per heavy atom. The molecule has 0 saturated heterocycles. The summed E-state index contributed by atoms with van der Waals surface area (Å²) in [5.41, 5.74) is 6.26. The number of benzene rings is 3. The minimum absolute atomic E-state index is 0.00611. The lowest BCUT2D eigenvalue weighted by Gasteiger charge is -2.13. The number of sulfonamides is 1. The number of aromatic nitrogens is 4. The number of nitrogens with zero attached hydrogens (tertiary/aromatic N) is 5. The number of aromatic amines is 1. The SMILES string of the molecule is Cc1sc2c(c1C)C(c1ccc(Cl)cc1)=N[C@@H](CC(=O)NCCCCCNC(=O)c1ccc(S(=O)(=O)Nc3ccc(C)c4c(C#N)c[nH]c34)cc1)c1nnc(C)n1-2. The number of unbranched alkanes of at least 4 members (excludes halogenated alkanes) is 2. The van der Waals surface area contributed by atoms with Crippen LogP contribution in [0.5, 0.6) is 0 Å². The van der Waals surface area contributed by atoms with E-state index >= 15 is 0 Å². The molecule has 13 nitrogen and oxygen atoms in total. The van der Waals surface area contributed by atoms with Crippen LogP contribution < -0.4 is 15.4 Å². The van der Waals surface area contributed by atoms with E-state index in [0.29, 0.717) is 64.5 Å². The van der Waals surface area contributed by atoms with Crippen LogP contribution in [0.4, 0.5) is 5.69 Å². The summed E-state index contributed by atoms with van der Waals surface area (Å²) in [5.74, 6) is 0.877. The van der Waals surface area contributed by atoms with Crippen molar-refractivity contribution < 1.29 is 18.0 Å². The molecule has 3 aromatic carbocycles. The fourth-order valence-electron chi connectivity index (χ4n) is 6.92. The van der Waals surface area contributed by atoms with E-state index in [-0.39, 0.29) is 23.1 Å². The number of aryl methyl sites for hydroxylation is 3. The molecule has 4 heterocycles. The molecule has 0 spiro atoms. The van der Waals surface area contributed by atoms with Gasteiger partial charge in [-0.15, -0.1) is 21.5 Å². The van der Waals surface area contributed by atoms with E-state index in [2.05, 4.69) is 50.5 Å². The Morgan fingerprint density at radius 2 is 1.67 bits per heavy atom. The highest BCUT2D eigenvalue weighted by atomic mass is 35.5. The second-order valence-electron chi connectivity index (χ2n) is 13.9. The maximum Gasteiger partial charge on any atom is 0.261 e. The Bertz CT molecular complexity index is 2690. The van der Waals surface area contributed by atoms with Crippen molar-refractivity contribution in [1.29, 1.82) is 5.26 Å². The van der Waals surface area contributed by atoms with Crippen LogP contribution in [0.3, 0.4) is 0 Å². The Hall–Kier alpha value is -5.82. The first-order valence-electron chi connectivity index (χ1n) is 18.4. The van der Waals surface area contributed by atoms with E-state index in [9.17, 15) is 23.3 Å². The zero-order valence-corrected chi connectivity index (χ0v) is 34.1. The number of nitrogens with one attached hydrogen (secondary N) is 4. The van der Waals surface area contributed by atoms with E-state index in [1.165, 1.54) is 29.1 Å². The second kappa shape index (κ2) is 16.3. The Labute approximate surface area is 339 Å². The van der Waals surface area contributed by atoms with Crippen molar-refractivity contribution in [3.05, 3.63) is 122 Å². The van der Waals surface area contributed by atoms with Gasteiger partial charge in [-0.2, -0.15) is 5.26 Å². The van der Waals surface area contributed by atoms with Crippen LogP contribution >= 0.6 is 22.9 Å². The summed E-state index contributed by atoms with van der Waals surface area (Å²) in [5, 5.41) is 26.4. The van der Waals surface area contributed by atoms with Crippen molar-refractivity contribution in [3.63, 3.8) is 0 Å². The van der Waals surface area contributed by atoms with Gasteiger partial charge in [0.25, 0.3) is 15.9 Å². The highest BCUT2D eigenvalue weighted by Gasteiger charge is 2.32. The molecule has 292 valence electrons. The standard InChI is InChI=1S/C41H40ClN9O4S2/c1-23-8-17-32(38-35(23)29(21-43)22-46-38)50-57(54,55)31-15-11-28(12-16-31)40(53)45-19-7-5-6-18-44-34(52)20-33-39-49-48-26(4)51(39)41-36(24(2)25(3)56-41)37(47-33)27-9-13-30(42)14-10-27/h8-17,22,33,46,50H,5-7,18-20H2,1-4H3,(H,44,52)(H,45,53)/t33-/m0/s1. The van der Waals surface area contributed by atoms with Gasteiger partial charge in [-0.3, -0.25) is 23.9 Å². The lowest BCUT2D eigenvalue weighted by atomic mass is 9.99. The normalized spacial score (nSPS) is 13.6. The Balaban J connectivity index is 0.897. The number of thiophene rings is 1. The summed E-state index contributed by atoms with van der Waals surface area (Å²) >= 11 is 7.88. The number of nitriles is 1. The van der Waals surface area contributed by atoms with Crippen LogP contribution in [0, 0.1) is 39.0 Å². The maximum absolute atomic E-state index is 13.3. The molecule has 0 saturated carbocycles. The molecule has 7 rings (SSSR count). The molecule has 0 radical (unpaired) electrons. The van der Waals surface area contributed by atoms with Gasteiger partial charge in [-0.1, -0.05) is 29.8 Å². The fraction of sp³-hybridized carbons (Fsp3) is 0.268. The molecule has 4 N–H and O–H groups in total. The number of halogens is 1. The van der Waals surface area contributed by atoms with Gasteiger partial charge in [0.2, 0.25) is 5.91 Å². The molecule has 0 unspecified atom stereocenters. The summed E-state index contributed by atoms with van der Waals surface area (Å²) in [7, 11) is -3.97. The zero-order chi connectivity index (χ0) is 40.4. The van der Waals surface area contributed by atoms with Crippen LogP contribution in [-0.2, 0) is 14.8 Å². The van der Waals surface area contributed by atoms with E-state index in [4.69, 9.17) is 16.6 Å². The van der Waals surface area contributed by atoms with Gasteiger partial charge < -0.3 is 15.6 Å². The Kier molecular flexibility index (Phi) is 11.3. The van der Waals surface area contributed by atoms with Gasteiger partial charge in [0.1, 0.15) is 22.9 Å². The van der Waals surface area contributed by atoms with E-state index < -0.39 is 16.1 Å². The second-order valence-corrected chi connectivity index (χ2v) is 17.2. The number of amides is 2. The number of aliphatic imine (C=N–C) groups is 1. The summed E-state index contributed by atoms with van der Waals surface area (Å²) in [4.78, 5) is 35.4. The largest absolute Gasteiger partial charge is 0.358 e. The number of carbonyl (C=O) groups excluding carboxylic acids is 2. The summed E-state index contributed by atoms with van der Waals surface area (Å²) in [6.07, 6.45) is 3.81. The molecule has 3 aromatic heterocycles. The molecule has 0 aliphatic carbocycles. The number of anilines is 1.